The van der Waals surface area contributed by atoms with Gasteiger partial charge in [-0.2, -0.15) is 0 Å². The Morgan fingerprint density at radius 3 is 2.76 bits per heavy atom. The summed E-state index contributed by atoms with van der Waals surface area (Å²) >= 11 is 0. The normalized spacial score (nSPS) is 22.9. The number of nitrogens with one attached hydrogen (secondary N) is 1. The maximum Gasteiger partial charge on any atom is 1.00 e. The van der Waals surface area contributed by atoms with Gasteiger partial charge in [0.1, 0.15) is 6.61 Å². The minimum absolute atomic E-state index is 0. The minimum atomic E-state index is -1.84. The van der Waals surface area contributed by atoms with Crippen LogP contribution in [0.15, 0.2) is 30.3 Å². The van der Waals surface area contributed by atoms with Crippen molar-refractivity contribution in [2.45, 2.75) is 18.7 Å². The number of carbonyl (C=O) groups excluding carboxylic acids is 1. The Hall–Kier alpha value is 0.216. The minimum Gasteiger partial charge on any atom is -1.00 e. The average Bonchev–Trinajstić information content (AvgIpc) is 2.76. The van der Waals surface area contributed by atoms with Crippen molar-refractivity contribution >= 4 is 5.97 Å². The van der Waals surface area contributed by atoms with Gasteiger partial charge in [0.25, 0.3) is 0 Å². The molecule has 1 atom stereocenters. The summed E-state index contributed by atoms with van der Waals surface area (Å²) in [4.78, 5) is 11.5. The molecule has 5 heteroatoms. The quantitative estimate of drug-likeness (QED) is 0.535. The largest absolute Gasteiger partial charge is 1.00 e. The first kappa shape index (κ1) is 15.3. The van der Waals surface area contributed by atoms with Crippen LogP contribution in [0.3, 0.4) is 0 Å². The van der Waals surface area contributed by atoms with Gasteiger partial charge in [0.15, 0.2) is 0 Å². The van der Waals surface area contributed by atoms with E-state index in [2.05, 4.69) is 5.32 Å². The molecule has 0 aliphatic carbocycles. The first-order chi connectivity index (χ1) is 7.71. The van der Waals surface area contributed by atoms with Gasteiger partial charge in [-0.1, -0.05) is 30.3 Å². The standard InChI is InChI=1S/C12H14FNO2.K.H/c13-12(6-7-14-9-12)11(15)16-8-10-4-2-1-3-5-10;;/h1-5,14H,6-9H2;;/q;+1;-1. The van der Waals surface area contributed by atoms with E-state index in [-0.39, 0.29) is 72.4 Å². The molecule has 1 N–H and O–H groups in total. The number of hydrogen-bond acceptors (Lipinski definition) is 3. The van der Waals surface area contributed by atoms with Crippen LogP contribution in [0.2, 0.25) is 0 Å². The van der Waals surface area contributed by atoms with Crippen LogP contribution in [0.5, 0.6) is 0 Å². The molecule has 0 spiro atoms. The summed E-state index contributed by atoms with van der Waals surface area (Å²) in [5, 5.41) is 2.82. The molecule has 17 heavy (non-hydrogen) atoms. The van der Waals surface area contributed by atoms with Gasteiger partial charge in [-0.05, 0) is 12.1 Å². The van der Waals surface area contributed by atoms with Gasteiger partial charge in [-0.25, -0.2) is 9.18 Å². The molecule has 88 valence electrons. The number of esters is 1. The number of benzene rings is 1. The Kier molecular flexibility index (Phi) is 6.26. The van der Waals surface area contributed by atoms with Gasteiger partial charge in [0.05, 0.1) is 0 Å². The second-order valence-corrected chi connectivity index (χ2v) is 3.95. The molecule has 0 radical (unpaired) electrons. The van der Waals surface area contributed by atoms with Crippen LogP contribution in [-0.4, -0.2) is 24.7 Å². The van der Waals surface area contributed by atoms with Crippen molar-refractivity contribution in [2.24, 2.45) is 0 Å². The second kappa shape index (κ2) is 6.97. The molecule has 3 nitrogen and oxygen atoms in total. The zero-order valence-electron chi connectivity index (χ0n) is 10.9. The molecule has 0 bridgehead atoms. The topological polar surface area (TPSA) is 38.3 Å². The van der Waals surface area contributed by atoms with E-state index in [1.54, 1.807) is 0 Å². The summed E-state index contributed by atoms with van der Waals surface area (Å²) in [6.45, 7) is 0.711. The summed E-state index contributed by atoms with van der Waals surface area (Å²) in [6.07, 6.45) is 0.195. The van der Waals surface area contributed by atoms with E-state index in [0.29, 0.717) is 6.54 Å². The van der Waals surface area contributed by atoms with Gasteiger partial charge < -0.3 is 11.5 Å². The van der Waals surface area contributed by atoms with E-state index in [9.17, 15) is 9.18 Å². The molecule has 1 aromatic rings. The number of carbonyl (C=O) groups is 1. The SMILES string of the molecule is O=C(OCc1ccccc1)C1(F)CCNC1.[H-].[K+]. The van der Waals surface area contributed by atoms with Gasteiger partial charge in [0.2, 0.25) is 5.67 Å². The summed E-state index contributed by atoms with van der Waals surface area (Å²) in [5.74, 6) is -0.763. The molecule has 1 aromatic carbocycles. The van der Waals surface area contributed by atoms with Gasteiger partial charge in [-0.3, -0.25) is 0 Å². The third-order valence-corrected chi connectivity index (χ3v) is 2.68. The molecule has 0 aromatic heterocycles. The van der Waals surface area contributed by atoms with Crippen molar-refractivity contribution in [3.63, 3.8) is 0 Å². The number of rotatable bonds is 3. The molecule has 1 unspecified atom stereocenters. The smallest absolute Gasteiger partial charge is 1.00 e. The van der Waals surface area contributed by atoms with Gasteiger partial charge in [0, 0.05) is 13.0 Å². The van der Waals surface area contributed by atoms with E-state index in [1.807, 2.05) is 30.3 Å². The first-order valence-corrected chi connectivity index (χ1v) is 5.31. The van der Waals surface area contributed by atoms with E-state index in [1.165, 1.54) is 0 Å². The van der Waals surface area contributed by atoms with Crippen molar-refractivity contribution in [2.75, 3.05) is 13.1 Å². The van der Waals surface area contributed by atoms with Crippen LogP contribution in [0.1, 0.15) is 13.4 Å². The van der Waals surface area contributed by atoms with Gasteiger partial charge >= 0.3 is 57.4 Å². The molecular weight excluding hydrogens is 248 g/mol. The van der Waals surface area contributed by atoms with Crippen LogP contribution < -0.4 is 56.7 Å². The van der Waals surface area contributed by atoms with Crippen LogP contribution in [0.4, 0.5) is 4.39 Å². The summed E-state index contributed by atoms with van der Waals surface area (Å²) in [6, 6.07) is 9.26. The fourth-order valence-corrected chi connectivity index (χ4v) is 1.69. The van der Waals surface area contributed by atoms with E-state index in [0.717, 1.165) is 5.56 Å². The summed E-state index contributed by atoms with van der Waals surface area (Å²) in [7, 11) is 0. The van der Waals surface area contributed by atoms with Crippen molar-refractivity contribution in [1.82, 2.24) is 5.32 Å². The zero-order valence-corrected chi connectivity index (χ0v) is 13.0. The van der Waals surface area contributed by atoms with Crippen molar-refractivity contribution < 1.29 is 66.7 Å². The van der Waals surface area contributed by atoms with E-state index in [4.69, 9.17) is 4.74 Å². The molecule has 1 fully saturated rings. The average molecular weight is 263 g/mol. The van der Waals surface area contributed by atoms with Crippen molar-refractivity contribution in [3.05, 3.63) is 35.9 Å². The first-order valence-electron chi connectivity index (χ1n) is 5.31. The second-order valence-electron chi connectivity index (χ2n) is 3.95. The molecule has 0 saturated carbocycles. The maximum atomic E-state index is 13.9. The number of hydrogen-bond donors (Lipinski definition) is 1. The van der Waals surface area contributed by atoms with Gasteiger partial charge in [-0.15, -0.1) is 0 Å². The van der Waals surface area contributed by atoms with Crippen LogP contribution in [-0.2, 0) is 16.1 Å². The Labute approximate surface area is 144 Å². The van der Waals surface area contributed by atoms with Crippen LogP contribution >= 0.6 is 0 Å². The number of alkyl halides is 1. The predicted octanol–water partition coefficient (Wildman–Crippen LogP) is -1.45. The van der Waals surface area contributed by atoms with Crippen molar-refractivity contribution in [1.29, 1.82) is 0 Å². The number of halogens is 1. The fraction of sp³-hybridized carbons (Fsp3) is 0.417. The zero-order chi connectivity index (χ0) is 11.4. The van der Waals surface area contributed by atoms with E-state index < -0.39 is 11.6 Å². The molecule has 1 saturated heterocycles. The Balaban J connectivity index is 0.00000144. The Morgan fingerprint density at radius 1 is 1.47 bits per heavy atom. The predicted molar refractivity (Wildman–Crippen MR) is 58.7 cm³/mol. The van der Waals surface area contributed by atoms with Crippen LogP contribution in [0, 0.1) is 0 Å². The van der Waals surface area contributed by atoms with E-state index >= 15 is 0 Å². The Bertz CT molecular complexity index is 372. The summed E-state index contributed by atoms with van der Waals surface area (Å²) in [5.41, 5.74) is -0.972. The third-order valence-electron chi connectivity index (χ3n) is 2.68. The maximum absolute atomic E-state index is 13.9. The number of ether oxygens (including phenoxy) is 1. The molecule has 1 heterocycles. The monoisotopic (exact) mass is 263 g/mol. The molecule has 0 amide bonds. The fourth-order valence-electron chi connectivity index (χ4n) is 1.69. The third kappa shape index (κ3) is 4.12. The van der Waals surface area contributed by atoms with Crippen LogP contribution in [0.25, 0.3) is 0 Å². The molecular formula is C12H15FKNO2. The Morgan fingerprint density at radius 2 is 2.18 bits per heavy atom. The van der Waals surface area contributed by atoms with Crippen molar-refractivity contribution in [3.8, 4) is 0 Å². The molecule has 1 aliphatic heterocycles. The molecule has 2 rings (SSSR count). The summed E-state index contributed by atoms with van der Waals surface area (Å²) < 4.78 is 18.8. The molecule has 1 aliphatic rings.